The number of aromatic hydroxyl groups is 1. The average Bonchev–Trinajstić information content (AvgIpc) is 2.60. The molecule has 1 aliphatic carbocycles. The normalized spacial score (nSPS) is 21.5. The molecule has 3 rings (SSSR count). The van der Waals surface area contributed by atoms with Crippen molar-refractivity contribution >= 4 is 5.69 Å². The number of nitro groups is 1. The second-order valence-corrected chi connectivity index (χ2v) is 6.75. The molecule has 1 aromatic carbocycles. The van der Waals surface area contributed by atoms with E-state index in [1.165, 1.54) is 12.5 Å². The van der Waals surface area contributed by atoms with E-state index in [0.29, 0.717) is 11.5 Å². The fraction of sp³-hybridized carbons (Fsp3) is 0.647. The van der Waals surface area contributed by atoms with Gasteiger partial charge < -0.3 is 10.4 Å². The lowest BCUT2D eigenvalue weighted by molar-refractivity contribution is -0.385. The molecule has 0 amide bonds. The van der Waals surface area contributed by atoms with Crippen molar-refractivity contribution < 1.29 is 14.4 Å². The van der Waals surface area contributed by atoms with E-state index < -0.39 is 16.5 Å². The highest BCUT2D eigenvalue weighted by atomic mass is 19.1. The number of non-ortho nitro benzene ring substituents is 1. The van der Waals surface area contributed by atoms with Crippen molar-refractivity contribution in [2.24, 2.45) is 5.92 Å². The van der Waals surface area contributed by atoms with Gasteiger partial charge in [0.15, 0.2) is 11.6 Å². The Balaban J connectivity index is 2.01. The molecule has 2 fully saturated rings. The first-order valence-electron chi connectivity index (χ1n) is 8.69. The van der Waals surface area contributed by atoms with Gasteiger partial charge in [0.25, 0.3) is 5.69 Å². The summed E-state index contributed by atoms with van der Waals surface area (Å²) in [6.45, 7) is 3.26. The van der Waals surface area contributed by atoms with Crippen molar-refractivity contribution in [1.82, 2.24) is 10.2 Å². The molecule has 24 heavy (non-hydrogen) atoms. The van der Waals surface area contributed by atoms with Crippen LogP contribution in [0.25, 0.3) is 0 Å². The molecule has 0 unspecified atom stereocenters. The zero-order valence-electron chi connectivity index (χ0n) is 13.7. The summed E-state index contributed by atoms with van der Waals surface area (Å²) in [5.41, 5.74) is 0.0757. The van der Waals surface area contributed by atoms with Gasteiger partial charge in [0.1, 0.15) is 0 Å². The van der Waals surface area contributed by atoms with Crippen LogP contribution in [-0.2, 0) is 0 Å². The number of nitrogens with zero attached hydrogens (tertiary/aromatic N) is 2. The highest BCUT2D eigenvalue weighted by Crippen LogP contribution is 2.43. The average molecular weight is 337 g/mol. The molecule has 0 aromatic heterocycles. The summed E-state index contributed by atoms with van der Waals surface area (Å²) in [6, 6.07) is 2.00. The third-order valence-corrected chi connectivity index (χ3v) is 5.25. The summed E-state index contributed by atoms with van der Waals surface area (Å²) >= 11 is 0. The lowest BCUT2D eigenvalue weighted by atomic mass is 9.79. The van der Waals surface area contributed by atoms with Crippen LogP contribution < -0.4 is 5.32 Å². The van der Waals surface area contributed by atoms with Crippen molar-refractivity contribution in [2.75, 3.05) is 26.2 Å². The maximum atomic E-state index is 14.1. The Morgan fingerprint density at radius 3 is 2.54 bits per heavy atom. The third-order valence-electron chi connectivity index (χ3n) is 5.25. The number of phenolic OH excluding ortho intramolecular Hbond substituents is 1. The van der Waals surface area contributed by atoms with Crippen LogP contribution in [0.5, 0.6) is 5.75 Å². The van der Waals surface area contributed by atoms with Crippen molar-refractivity contribution in [3.63, 3.8) is 0 Å². The van der Waals surface area contributed by atoms with Crippen LogP contribution in [0.1, 0.15) is 43.7 Å². The number of phenols is 1. The van der Waals surface area contributed by atoms with Crippen LogP contribution in [0.3, 0.4) is 0 Å². The highest BCUT2D eigenvalue weighted by molar-refractivity contribution is 5.46. The topological polar surface area (TPSA) is 78.6 Å². The fourth-order valence-electron chi connectivity index (χ4n) is 4.10. The maximum Gasteiger partial charge on any atom is 0.272 e. The molecule has 6 nitrogen and oxygen atoms in total. The molecule has 1 saturated carbocycles. The van der Waals surface area contributed by atoms with Crippen molar-refractivity contribution in [3.05, 3.63) is 33.6 Å². The Hall–Kier alpha value is -1.73. The molecule has 1 atom stereocenters. The third kappa shape index (κ3) is 3.52. The van der Waals surface area contributed by atoms with Gasteiger partial charge >= 0.3 is 0 Å². The summed E-state index contributed by atoms with van der Waals surface area (Å²) < 4.78 is 14.1. The molecule has 1 aliphatic heterocycles. The highest BCUT2D eigenvalue weighted by Gasteiger charge is 2.34. The van der Waals surface area contributed by atoms with Crippen molar-refractivity contribution in [3.8, 4) is 5.75 Å². The first-order chi connectivity index (χ1) is 11.6. The van der Waals surface area contributed by atoms with Crippen LogP contribution in [0, 0.1) is 21.8 Å². The molecule has 1 heterocycles. The predicted molar refractivity (Wildman–Crippen MR) is 88.5 cm³/mol. The van der Waals surface area contributed by atoms with Crippen LogP contribution in [0.4, 0.5) is 10.1 Å². The number of hydrogen-bond donors (Lipinski definition) is 2. The fourth-order valence-corrected chi connectivity index (χ4v) is 4.10. The predicted octanol–water partition coefficient (Wildman–Crippen LogP) is 2.97. The molecular formula is C17H24FN3O3. The van der Waals surface area contributed by atoms with E-state index in [9.17, 15) is 19.6 Å². The van der Waals surface area contributed by atoms with Gasteiger partial charge in [-0.3, -0.25) is 15.0 Å². The maximum absolute atomic E-state index is 14.1. The number of hydrogen-bond acceptors (Lipinski definition) is 5. The quantitative estimate of drug-likeness (QED) is 0.652. The van der Waals surface area contributed by atoms with E-state index in [0.717, 1.165) is 57.9 Å². The smallest absolute Gasteiger partial charge is 0.272 e. The number of rotatable bonds is 4. The van der Waals surface area contributed by atoms with Crippen LogP contribution in [0.15, 0.2) is 12.1 Å². The summed E-state index contributed by atoms with van der Waals surface area (Å²) in [6.07, 6.45) is 5.45. The Morgan fingerprint density at radius 1 is 1.25 bits per heavy atom. The minimum Gasteiger partial charge on any atom is -0.505 e. The van der Waals surface area contributed by atoms with Crippen molar-refractivity contribution in [1.29, 1.82) is 0 Å². The van der Waals surface area contributed by atoms with Gasteiger partial charge in [-0.15, -0.1) is 0 Å². The molecule has 132 valence electrons. The molecule has 2 N–H and O–H groups in total. The number of benzene rings is 1. The van der Waals surface area contributed by atoms with Gasteiger partial charge in [-0.05, 0) is 18.8 Å². The van der Waals surface area contributed by atoms with Crippen molar-refractivity contribution in [2.45, 2.75) is 38.1 Å². The minimum atomic E-state index is -0.907. The van der Waals surface area contributed by atoms with E-state index >= 15 is 0 Å². The first-order valence-corrected chi connectivity index (χ1v) is 8.69. The largest absolute Gasteiger partial charge is 0.505 e. The number of halogens is 1. The molecule has 0 radical (unpaired) electrons. The molecule has 7 heteroatoms. The van der Waals surface area contributed by atoms with Gasteiger partial charge in [-0.2, -0.15) is 0 Å². The Labute approximate surface area is 140 Å². The number of piperazine rings is 1. The van der Waals surface area contributed by atoms with E-state index in [1.54, 1.807) is 0 Å². The summed E-state index contributed by atoms with van der Waals surface area (Å²) in [5, 5.41) is 24.7. The molecule has 1 aromatic rings. The van der Waals surface area contributed by atoms with Gasteiger partial charge in [-0.1, -0.05) is 19.3 Å². The Bertz CT molecular complexity index is 581. The monoisotopic (exact) mass is 337 g/mol. The second-order valence-electron chi connectivity index (χ2n) is 6.75. The number of nitrogens with one attached hydrogen (secondary N) is 1. The van der Waals surface area contributed by atoms with E-state index in [-0.39, 0.29) is 11.7 Å². The summed E-state index contributed by atoms with van der Waals surface area (Å²) in [7, 11) is 0. The zero-order valence-corrected chi connectivity index (χ0v) is 13.7. The number of nitro benzene ring substituents is 1. The molecular weight excluding hydrogens is 313 g/mol. The van der Waals surface area contributed by atoms with Crippen LogP contribution in [0.2, 0.25) is 0 Å². The van der Waals surface area contributed by atoms with E-state index in [4.69, 9.17) is 0 Å². The lowest BCUT2D eigenvalue weighted by Gasteiger charge is -2.41. The Morgan fingerprint density at radius 2 is 1.92 bits per heavy atom. The summed E-state index contributed by atoms with van der Waals surface area (Å²) in [4.78, 5) is 12.8. The minimum absolute atomic E-state index is 0.165. The van der Waals surface area contributed by atoms with E-state index in [1.807, 2.05) is 0 Å². The van der Waals surface area contributed by atoms with Gasteiger partial charge in [0.05, 0.1) is 11.0 Å². The first kappa shape index (κ1) is 17.1. The molecule has 1 saturated heterocycles. The van der Waals surface area contributed by atoms with Gasteiger partial charge in [0.2, 0.25) is 0 Å². The molecule has 0 spiro atoms. The van der Waals surface area contributed by atoms with Crippen LogP contribution in [-0.4, -0.2) is 41.1 Å². The van der Waals surface area contributed by atoms with E-state index in [2.05, 4.69) is 10.2 Å². The van der Waals surface area contributed by atoms with Gasteiger partial charge in [0, 0.05) is 43.9 Å². The molecule has 2 aliphatic rings. The van der Waals surface area contributed by atoms with Gasteiger partial charge in [-0.25, -0.2) is 4.39 Å². The molecule has 0 bridgehead atoms. The second kappa shape index (κ2) is 7.44. The van der Waals surface area contributed by atoms with Crippen LogP contribution >= 0.6 is 0 Å². The lowest BCUT2D eigenvalue weighted by Crippen LogP contribution is -2.47. The zero-order chi connectivity index (χ0) is 17.1. The summed E-state index contributed by atoms with van der Waals surface area (Å²) in [5.74, 6) is -1.05. The Kier molecular flexibility index (Phi) is 5.30. The standard InChI is InChI=1S/C17H24FN3O3/c18-15-11-13(21(23)24)10-14(17(15)22)16(12-4-2-1-3-5-12)20-8-6-19-7-9-20/h10-12,16,19,22H,1-9H2/t16-/m0/s1. The SMILES string of the molecule is O=[N+]([O-])c1cc(F)c(O)c([C@H](C2CCCCC2)N2CCNCC2)c1.